The number of hydrogen-bond acceptors (Lipinski definition) is 7. The number of hydrogen-bond donors (Lipinski definition) is 0. The lowest BCUT2D eigenvalue weighted by molar-refractivity contribution is -0.386. The van der Waals surface area contributed by atoms with Crippen LogP contribution in [0.1, 0.15) is 22.6 Å². The molecule has 0 atom stereocenters. The van der Waals surface area contributed by atoms with Crippen molar-refractivity contribution in [3.8, 4) is 5.75 Å². The number of ether oxygens (including phenoxy) is 1. The number of rotatable bonds is 7. The summed E-state index contributed by atoms with van der Waals surface area (Å²) in [4.78, 5) is 20.8. The van der Waals surface area contributed by atoms with E-state index in [1.165, 1.54) is 25.1 Å². The Morgan fingerprint density at radius 1 is 1.04 bits per heavy atom. The molecule has 1 aromatic heterocycles. The van der Waals surface area contributed by atoms with Gasteiger partial charge in [-0.05, 0) is 42.8 Å². The van der Waals surface area contributed by atoms with Gasteiger partial charge in [-0.15, -0.1) is 0 Å². The summed E-state index contributed by atoms with van der Waals surface area (Å²) >= 11 is 0. The van der Waals surface area contributed by atoms with Gasteiger partial charge in [-0.3, -0.25) is 20.2 Å². The summed E-state index contributed by atoms with van der Waals surface area (Å²) in [6.45, 7) is 1.71. The molecular weight excluding hydrogens is 366 g/mol. The highest BCUT2D eigenvalue weighted by Crippen LogP contribution is 2.27. The van der Waals surface area contributed by atoms with E-state index in [1.807, 2.05) is 0 Å². The van der Waals surface area contributed by atoms with Crippen molar-refractivity contribution in [3.05, 3.63) is 91.3 Å². The molecule has 28 heavy (non-hydrogen) atoms. The highest BCUT2D eigenvalue weighted by molar-refractivity contribution is 5.74. The maximum absolute atomic E-state index is 11.1. The van der Waals surface area contributed by atoms with Gasteiger partial charge in [-0.25, -0.2) is 0 Å². The van der Waals surface area contributed by atoms with Crippen LogP contribution in [0, 0.1) is 27.2 Å². The molecule has 0 saturated heterocycles. The molecule has 142 valence electrons. The Hall–Kier alpha value is -4.01. The van der Waals surface area contributed by atoms with Crippen LogP contribution >= 0.6 is 0 Å². The van der Waals surface area contributed by atoms with Gasteiger partial charge >= 0.3 is 5.69 Å². The minimum absolute atomic E-state index is 0.0102. The van der Waals surface area contributed by atoms with E-state index in [0.29, 0.717) is 11.3 Å². The van der Waals surface area contributed by atoms with Gasteiger partial charge in [0, 0.05) is 17.7 Å². The smallest absolute Gasteiger partial charge is 0.338 e. The van der Waals surface area contributed by atoms with E-state index in [1.54, 1.807) is 42.5 Å². The zero-order chi connectivity index (χ0) is 20.1. The number of benzene rings is 2. The van der Waals surface area contributed by atoms with Crippen molar-refractivity contribution in [2.24, 2.45) is 0 Å². The van der Waals surface area contributed by atoms with Crippen LogP contribution in [0.4, 0.5) is 11.4 Å². The summed E-state index contributed by atoms with van der Waals surface area (Å²) in [6.07, 6.45) is 3.10. The molecule has 0 radical (unpaired) electrons. The fourth-order valence-electron chi connectivity index (χ4n) is 2.50. The topological polar surface area (TPSA) is 122 Å². The lowest BCUT2D eigenvalue weighted by Crippen LogP contribution is -1.97. The summed E-state index contributed by atoms with van der Waals surface area (Å²) in [5, 5.41) is 25.4. The second-order valence-corrected chi connectivity index (χ2v) is 5.82. The van der Waals surface area contributed by atoms with Crippen LogP contribution in [0.3, 0.4) is 0 Å². The molecule has 0 saturated carbocycles. The fraction of sp³-hybridized carbons (Fsp3) is 0.105. The molecule has 0 N–H and O–H groups in total. The number of aromatic nitrogens is 1. The molecule has 9 nitrogen and oxygen atoms in total. The van der Waals surface area contributed by atoms with Crippen molar-refractivity contribution in [2.75, 3.05) is 0 Å². The lowest BCUT2D eigenvalue weighted by Gasteiger charge is -2.09. The normalized spacial score (nSPS) is 10.9. The third kappa shape index (κ3) is 4.21. The second kappa shape index (κ2) is 8.12. The van der Waals surface area contributed by atoms with Crippen molar-refractivity contribution >= 4 is 23.5 Å². The van der Waals surface area contributed by atoms with E-state index < -0.39 is 9.85 Å². The van der Waals surface area contributed by atoms with Crippen molar-refractivity contribution in [3.63, 3.8) is 0 Å². The van der Waals surface area contributed by atoms with Gasteiger partial charge in [0.1, 0.15) is 12.4 Å². The van der Waals surface area contributed by atoms with Gasteiger partial charge in [0.2, 0.25) is 5.76 Å². The molecular formula is C19H15N3O6. The zero-order valence-corrected chi connectivity index (χ0v) is 14.8. The molecule has 0 bridgehead atoms. The standard InChI is InChI=1S/C19H15N3O6/c1-13-19(22(25)26)18(28-20-13)11-8-15-4-2-3-5-17(15)27-12-14-6-9-16(10-7-14)21(23)24/h2-11H,12H2,1H3. The van der Waals surface area contributed by atoms with Crippen molar-refractivity contribution in [1.29, 1.82) is 0 Å². The Morgan fingerprint density at radius 2 is 1.75 bits per heavy atom. The maximum atomic E-state index is 11.1. The second-order valence-electron chi connectivity index (χ2n) is 5.82. The van der Waals surface area contributed by atoms with Crippen LogP contribution < -0.4 is 4.74 Å². The first-order valence-electron chi connectivity index (χ1n) is 8.19. The quantitative estimate of drug-likeness (QED) is 0.434. The summed E-state index contributed by atoms with van der Waals surface area (Å²) in [5.74, 6) is 0.601. The molecule has 0 fully saturated rings. The Balaban J connectivity index is 1.76. The van der Waals surface area contributed by atoms with Gasteiger partial charge in [-0.2, -0.15) is 0 Å². The Kier molecular flexibility index (Phi) is 5.45. The molecule has 1 heterocycles. The summed E-state index contributed by atoms with van der Waals surface area (Å²) in [5.41, 5.74) is 1.49. The number of nitrogens with zero attached hydrogens (tertiary/aromatic N) is 3. The van der Waals surface area contributed by atoms with Crippen LogP contribution in [0.25, 0.3) is 12.2 Å². The van der Waals surface area contributed by atoms with E-state index in [9.17, 15) is 20.2 Å². The molecule has 0 unspecified atom stereocenters. The van der Waals surface area contributed by atoms with E-state index >= 15 is 0 Å². The average molecular weight is 381 g/mol. The number of nitro groups is 2. The summed E-state index contributed by atoms with van der Waals surface area (Å²) in [6, 6.07) is 13.2. The van der Waals surface area contributed by atoms with E-state index in [4.69, 9.17) is 9.26 Å². The molecule has 0 aliphatic carbocycles. The SMILES string of the molecule is Cc1noc(C=Cc2ccccc2OCc2ccc([N+](=O)[O-])cc2)c1[N+](=O)[O-]. The molecule has 0 amide bonds. The molecule has 3 aromatic rings. The Morgan fingerprint density at radius 3 is 2.43 bits per heavy atom. The van der Waals surface area contributed by atoms with Crippen molar-refractivity contribution < 1.29 is 19.1 Å². The van der Waals surface area contributed by atoms with Crippen LogP contribution in [0.15, 0.2) is 53.1 Å². The van der Waals surface area contributed by atoms with Crippen LogP contribution in [-0.2, 0) is 6.61 Å². The van der Waals surface area contributed by atoms with E-state index in [-0.39, 0.29) is 29.4 Å². The van der Waals surface area contributed by atoms with E-state index in [0.717, 1.165) is 5.56 Å². The first kappa shape index (κ1) is 18.8. The van der Waals surface area contributed by atoms with Gasteiger partial charge in [-0.1, -0.05) is 23.4 Å². The minimum Gasteiger partial charge on any atom is -0.488 e. The summed E-state index contributed by atoms with van der Waals surface area (Å²) < 4.78 is 10.8. The average Bonchev–Trinajstić information content (AvgIpc) is 3.06. The molecule has 0 aliphatic heterocycles. The first-order chi connectivity index (χ1) is 13.5. The Bertz CT molecular complexity index is 1040. The van der Waals surface area contributed by atoms with Crippen molar-refractivity contribution in [1.82, 2.24) is 5.16 Å². The van der Waals surface area contributed by atoms with Crippen LogP contribution in [-0.4, -0.2) is 15.0 Å². The van der Waals surface area contributed by atoms with Gasteiger partial charge in [0.25, 0.3) is 5.69 Å². The molecule has 0 spiro atoms. The van der Waals surface area contributed by atoms with Crippen LogP contribution in [0.5, 0.6) is 5.75 Å². The number of para-hydroxylation sites is 1. The van der Waals surface area contributed by atoms with Gasteiger partial charge < -0.3 is 9.26 Å². The predicted octanol–water partition coefficient (Wildman–Crippen LogP) is 4.55. The van der Waals surface area contributed by atoms with Gasteiger partial charge in [0.05, 0.1) is 9.85 Å². The zero-order valence-electron chi connectivity index (χ0n) is 14.8. The van der Waals surface area contributed by atoms with Crippen LogP contribution in [0.2, 0.25) is 0 Å². The summed E-state index contributed by atoms with van der Waals surface area (Å²) in [7, 11) is 0. The third-order valence-electron chi connectivity index (χ3n) is 3.91. The monoisotopic (exact) mass is 381 g/mol. The number of nitro benzene ring substituents is 1. The molecule has 3 rings (SSSR count). The predicted molar refractivity (Wildman–Crippen MR) is 101 cm³/mol. The molecule has 0 aliphatic rings. The first-order valence-corrected chi connectivity index (χ1v) is 8.19. The maximum Gasteiger partial charge on any atom is 0.338 e. The lowest BCUT2D eigenvalue weighted by atomic mass is 10.1. The van der Waals surface area contributed by atoms with Crippen molar-refractivity contribution in [2.45, 2.75) is 13.5 Å². The van der Waals surface area contributed by atoms with E-state index in [2.05, 4.69) is 5.16 Å². The molecule has 9 heteroatoms. The third-order valence-corrected chi connectivity index (χ3v) is 3.91. The minimum atomic E-state index is -0.539. The Labute approximate surface area is 159 Å². The molecule has 2 aromatic carbocycles. The highest BCUT2D eigenvalue weighted by Gasteiger charge is 2.22. The van der Waals surface area contributed by atoms with Gasteiger partial charge in [0.15, 0.2) is 5.69 Å². The highest BCUT2D eigenvalue weighted by atomic mass is 16.6. The fourth-order valence-corrected chi connectivity index (χ4v) is 2.50. The largest absolute Gasteiger partial charge is 0.488 e. The number of non-ortho nitro benzene ring substituents is 1. The number of aryl methyl sites for hydroxylation is 1.